The van der Waals surface area contributed by atoms with Crippen LogP contribution in [0.4, 0.5) is 33.7 Å². The number of nitrogens with one attached hydrogen (secondary N) is 2. The lowest BCUT2D eigenvalue weighted by atomic mass is 9.96. The number of carbonyl (C=O) groups is 2. The van der Waals surface area contributed by atoms with Crippen molar-refractivity contribution in [1.29, 1.82) is 0 Å². The number of hydrogen-bond donors (Lipinski definition) is 2. The molecule has 14 heteroatoms. The number of dihydropyridines is 1. The number of amides is 2. The molecular weight excluding hydrogens is 646 g/mol. The first-order chi connectivity index (χ1) is 22.3. The highest BCUT2D eigenvalue weighted by atomic mass is 28.3. The minimum absolute atomic E-state index is 0.0458. The molecule has 48 heavy (non-hydrogen) atoms. The number of hydrogen-bond acceptors (Lipinski definition) is 7. The number of nitrogens with zero attached hydrogens (tertiary/aromatic N) is 3. The van der Waals surface area contributed by atoms with Crippen LogP contribution in [0.1, 0.15) is 39.7 Å². The first-order valence-corrected chi connectivity index (χ1v) is 20.1. The average Bonchev–Trinajstić information content (AvgIpc) is 2.98. The van der Waals surface area contributed by atoms with Crippen LogP contribution in [-0.2, 0) is 14.3 Å². The van der Waals surface area contributed by atoms with Gasteiger partial charge in [-0.05, 0) is 58.9 Å². The van der Waals surface area contributed by atoms with Gasteiger partial charge in [-0.15, -0.1) is 0 Å². The van der Waals surface area contributed by atoms with Crippen molar-refractivity contribution in [2.45, 2.75) is 84.1 Å². The zero-order valence-electron chi connectivity index (χ0n) is 29.2. The van der Waals surface area contributed by atoms with E-state index < -0.39 is 55.5 Å². The van der Waals surface area contributed by atoms with Gasteiger partial charge < -0.3 is 34.8 Å². The van der Waals surface area contributed by atoms with Crippen LogP contribution in [0.25, 0.3) is 5.57 Å². The van der Waals surface area contributed by atoms with Crippen LogP contribution in [0.2, 0.25) is 25.7 Å². The third-order valence-electron chi connectivity index (χ3n) is 8.58. The Morgan fingerprint density at radius 2 is 1.85 bits per heavy atom. The van der Waals surface area contributed by atoms with Crippen molar-refractivity contribution in [2.24, 2.45) is 0 Å². The summed E-state index contributed by atoms with van der Waals surface area (Å²) in [6.07, 6.45) is -0.361. The third-order valence-corrected chi connectivity index (χ3v) is 10.3. The molecule has 2 N–H and O–H groups in total. The molecule has 266 valence electrons. The van der Waals surface area contributed by atoms with Gasteiger partial charge in [-0.2, -0.15) is 0 Å². The monoisotopic (exact) mass is 695 g/mol. The van der Waals surface area contributed by atoms with Crippen LogP contribution in [0, 0.1) is 11.6 Å². The maximum absolute atomic E-state index is 16.6. The van der Waals surface area contributed by atoms with Gasteiger partial charge in [0.1, 0.15) is 23.3 Å². The van der Waals surface area contributed by atoms with Gasteiger partial charge in [-0.1, -0.05) is 25.7 Å². The van der Waals surface area contributed by atoms with E-state index in [0.717, 1.165) is 12.2 Å². The van der Waals surface area contributed by atoms with Crippen molar-refractivity contribution in [2.75, 3.05) is 56.6 Å². The van der Waals surface area contributed by atoms with Gasteiger partial charge in [0.05, 0.1) is 16.8 Å². The summed E-state index contributed by atoms with van der Waals surface area (Å²) in [7, 11) is 0.528. The molecule has 0 saturated carbocycles. The summed E-state index contributed by atoms with van der Waals surface area (Å²) >= 11 is 0. The van der Waals surface area contributed by atoms with Gasteiger partial charge in [0, 0.05) is 71.3 Å². The Morgan fingerprint density at radius 1 is 1.15 bits per heavy atom. The van der Waals surface area contributed by atoms with Gasteiger partial charge >= 0.3 is 6.09 Å². The fourth-order valence-electron chi connectivity index (χ4n) is 5.63. The van der Waals surface area contributed by atoms with Crippen LogP contribution < -0.4 is 15.5 Å². The van der Waals surface area contributed by atoms with Crippen LogP contribution in [0.15, 0.2) is 35.6 Å². The Balaban J connectivity index is 1.65. The summed E-state index contributed by atoms with van der Waals surface area (Å²) < 4.78 is 72.2. The molecule has 3 aliphatic heterocycles. The smallest absolute Gasteiger partial charge is 0.410 e. The molecule has 0 aromatic heterocycles. The Hall–Kier alpha value is -3.36. The number of halogens is 4. The summed E-state index contributed by atoms with van der Waals surface area (Å²) in [5.74, 6) is -2.81. The molecule has 4 rings (SSSR count). The molecule has 3 aliphatic rings. The first-order valence-electron chi connectivity index (χ1n) is 16.4. The fraction of sp³-hybridized carbons (Fsp3) is 0.588. The molecule has 2 amide bonds. The van der Waals surface area contributed by atoms with E-state index >= 15 is 8.78 Å². The van der Waals surface area contributed by atoms with E-state index in [4.69, 9.17) is 9.47 Å². The van der Waals surface area contributed by atoms with Crippen molar-refractivity contribution in [1.82, 2.24) is 15.1 Å². The standard InChI is InChI=1S/C34H49F4N5O4Si/c1-21-20-43(14-13-41(21)5)26-18-25(35)28(22-9-11-42(12-10-22)33(45)47-34(2,3)4)29(36)30(26)40-32(44)24-19-39-27(17-23(24)31(37)38)46-15-16-48(6,7)8/h9,17-19,21,27,31,39H,10-16,20H2,1-8H3,(H,40,44)/t21-,27?/m0/s1. The predicted octanol–water partition coefficient (Wildman–Crippen LogP) is 6.43. The number of ether oxygens (including phenoxy) is 2. The van der Waals surface area contributed by atoms with Gasteiger partial charge in [0.15, 0.2) is 5.82 Å². The lowest BCUT2D eigenvalue weighted by Crippen LogP contribution is -2.50. The van der Waals surface area contributed by atoms with E-state index in [9.17, 15) is 18.4 Å². The maximum Gasteiger partial charge on any atom is 0.410 e. The van der Waals surface area contributed by atoms with Crippen LogP contribution in [0.5, 0.6) is 0 Å². The summed E-state index contributed by atoms with van der Waals surface area (Å²) in [5, 5.41) is 5.38. The van der Waals surface area contributed by atoms with E-state index in [-0.39, 0.29) is 48.1 Å². The second-order valence-electron chi connectivity index (χ2n) is 14.8. The molecule has 0 bridgehead atoms. The minimum Gasteiger partial charge on any atom is -0.444 e. The number of alkyl halides is 2. The van der Waals surface area contributed by atoms with Crippen LogP contribution >= 0.6 is 0 Å². The molecule has 3 heterocycles. The maximum atomic E-state index is 16.6. The summed E-state index contributed by atoms with van der Waals surface area (Å²) in [6, 6.07) is 2.06. The molecule has 0 spiro atoms. The van der Waals surface area contributed by atoms with Crippen molar-refractivity contribution in [3.05, 3.63) is 52.8 Å². The highest BCUT2D eigenvalue weighted by Gasteiger charge is 2.33. The molecule has 1 unspecified atom stereocenters. The van der Waals surface area contributed by atoms with Crippen LogP contribution in [0.3, 0.4) is 0 Å². The van der Waals surface area contributed by atoms with E-state index in [0.29, 0.717) is 31.8 Å². The summed E-state index contributed by atoms with van der Waals surface area (Å²) in [5.41, 5.74) is -1.81. The van der Waals surface area contributed by atoms with E-state index in [1.807, 2.05) is 14.0 Å². The molecule has 1 aromatic carbocycles. The van der Waals surface area contributed by atoms with Crippen molar-refractivity contribution in [3.8, 4) is 0 Å². The minimum atomic E-state index is -3.00. The van der Waals surface area contributed by atoms with E-state index in [2.05, 4.69) is 35.2 Å². The Labute approximate surface area is 282 Å². The SMILES string of the molecule is C[C@H]1CN(c2cc(F)c(C3=CCN(C(=O)OC(C)(C)C)CC3)c(F)c2NC(=O)C2=CNC(OCC[Si](C)(C)C)C=C2C(F)F)CCN1C. The molecule has 0 aliphatic carbocycles. The number of likely N-dealkylation sites (N-methyl/N-ethyl adjacent to an activating group) is 1. The predicted molar refractivity (Wildman–Crippen MR) is 183 cm³/mol. The topological polar surface area (TPSA) is 86.4 Å². The molecule has 9 nitrogen and oxygen atoms in total. The Kier molecular flexibility index (Phi) is 11.7. The number of benzene rings is 1. The lowest BCUT2D eigenvalue weighted by Gasteiger charge is -2.40. The summed E-state index contributed by atoms with van der Waals surface area (Å²) in [6.45, 7) is 15.8. The van der Waals surface area contributed by atoms with E-state index in [1.54, 1.807) is 31.7 Å². The van der Waals surface area contributed by atoms with E-state index in [1.165, 1.54) is 17.0 Å². The molecule has 1 aromatic rings. The van der Waals surface area contributed by atoms with Crippen molar-refractivity contribution >= 4 is 37.0 Å². The number of anilines is 2. The summed E-state index contributed by atoms with van der Waals surface area (Å²) in [4.78, 5) is 31.6. The molecule has 1 fully saturated rings. The molecular formula is C34H49F4N5O4Si. The van der Waals surface area contributed by atoms with Crippen molar-refractivity contribution < 1.29 is 36.6 Å². The van der Waals surface area contributed by atoms with Gasteiger partial charge in [-0.3, -0.25) is 4.79 Å². The van der Waals surface area contributed by atoms with Crippen LogP contribution in [-0.4, -0.2) is 101 Å². The average molecular weight is 696 g/mol. The normalized spacial score (nSPS) is 21.0. The largest absolute Gasteiger partial charge is 0.444 e. The third kappa shape index (κ3) is 9.41. The Bertz CT molecular complexity index is 1470. The number of carbonyl (C=O) groups excluding carboxylic acids is 2. The molecule has 1 saturated heterocycles. The zero-order valence-corrected chi connectivity index (χ0v) is 30.2. The fourth-order valence-corrected chi connectivity index (χ4v) is 6.36. The zero-order chi connectivity index (χ0) is 35.6. The quantitative estimate of drug-likeness (QED) is 0.228. The van der Waals surface area contributed by atoms with Gasteiger partial charge in [0.25, 0.3) is 12.3 Å². The van der Waals surface area contributed by atoms with Gasteiger partial charge in [0.2, 0.25) is 0 Å². The molecule has 0 radical (unpaired) electrons. The van der Waals surface area contributed by atoms with Gasteiger partial charge in [-0.25, -0.2) is 22.4 Å². The number of piperazine rings is 1. The second-order valence-corrected chi connectivity index (χ2v) is 20.4. The second kappa shape index (κ2) is 15.0. The highest BCUT2D eigenvalue weighted by molar-refractivity contribution is 6.76. The number of rotatable bonds is 9. The van der Waals surface area contributed by atoms with Crippen molar-refractivity contribution in [3.63, 3.8) is 0 Å². The molecule has 2 atom stereocenters. The lowest BCUT2D eigenvalue weighted by molar-refractivity contribution is -0.112. The first kappa shape index (κ1) is 37.5. The Morgan fingerprint density at radius 3 is 2.44 bits per heavy atom. The highest BCUT2D eigenvalue weighted by Crippen LogP contribution is 2.39.